The molecule has 4 heteroatoms. The molecule has 0 radical (unpaired) electrons. The monoisotopic (exact) mass is 296 g/mol. The van der Waals surface area contributed by atoms with Gasteiger partial charge in [0.2, 0.25) is 0 Å². The van der Waals surface area contributed by atoms with Crippen molar-refractivity contribution in [3.05, 3.63) is 0 Å². The molecule has 2 nitrogen and oxygen atoms in total. The summed E-state index contributed by atoms with van der Waals surface area (Å²) >= 11 is 5.09. The van der Waals surface area contributed by atoms with Crippen molar-refractivity contribution in [1.82, 2.24) is 0 Å². The van der Waals surface area contributed by atoms with Gasteiger partial charge in [0.1, 0.15) is 4.75 Å². The Morgan fingerprint density at radius 1 is 1.33 bits per heavy atom. The third kappa shape index (κ3) is 7.23. The zero-order valence-corrected chi connectivity index (χ0v) is 12.2. The predicted octanol–water partition coefficient (Wildman–Crippen LogP) is 3.63. The van der Waals surface area contributed by atoms with Gasteiger partial charge < -0.3 is 4.74 Å². The first-order chi connectivity index (χ1) is 7.04. The maximum Gasteiger partial charge on any atom is 0.321 e. The van der Waals surface area contributed by atoms with Crippen molar-refractivity contribution in [1.29, 1.82) is 0 Å². The molecule has 0 aromatic carbocycles. The van der Waals surface area contributed by atoms with E-state index in [2.05, 4.69) is 15.9 Å². The summed E-state index contributed by atoms with van der Waals surface area (Å²) in [6.45, 7) is 6.17. The number of hydrogen-bond acceptors (Lipinski definition) is 3. The summed E-state index contributed by atoms with van der Waals surface area (Å²) in [6.07, 6.45) is 3.59. The fraction of sp³-hybridized carbons (Fsp3) is 0.909. The Morgan fingerprint density at radius 3 is 2.53 bits per heavy atom. The van der Waals surface area contributed by atoms with E-state index in [9.17, 15) is 4.79 Å². The Bertz CT molecular complexity index is 183. The van der Waals surface area contributed by atoms with Crippen molar-refractivity contribution in [2.45, 2.75) is 44.8 Å². The Labute approximate surface area is 106 Å². The molecule has 0 aliphatic rings. The molecule has 0 rings (SSSR count). The highest BCUT2D eigenvalue weighted by Gasteiger charge is 2.29. The van der Waals surface area contributed by atoms with E-state index in [0.717, 1.165) is 11.1 Å². The molecule has 0 atom stereocenters. The minimum Gasteiger partial charge on any atom is -0.465 e. The highest BCUT2D eigenvalue weighted by Crippen LogP contribution is 2.27. The van der Waals surface area contributed by atoms with E-state index in [1.807, 2.05) is 20.8 Å². The summed E-state index contributed by atoms with van der Waals surface area (Å²) in [5, 5.41) is 1.07. The number of ether oxygens (including phenoxy) is 1. The molecule has 0 spiro atoms. The number of thioether (sulfide) groups is 1. The standard InChI is InChI=1S/C11H21BrO2S/c1-4-14-10(13)11(2,3)15-9-7-5-6-8-12/h4-9H2,1-3H3. The number of rotatable bonds is 8. The second-order valence-electron chi connectivity index (χ2n) is 3.83. The topological polar surface area (TPSA) is 26.3 Å². The van der Waals surface area contributed by atoms with E-state index in [0.29, 0.717) is 6.61 Å². The summed E-state index contributed by atoms with van der Waals surface area (Å²) in [7, 11) is 0. The minimum atomic E-state index is -0.398. The smallest absolute Gasteiger partial charge is 0.321 e. The van der Waals surface area contributed by atoms with Gasteiger partial charge in [-0.25, -0.2) is 0 Å². The summed E-state index contributed by atoms with van der Waals surface area (Å²) in [6, 6.07) is 0. The van der Waals surface area contributed by atoms with Gasteiger partial charge in [-0.05, 0) is 39.4 Å². The van der Waals surface area contributed by atoms with Crippen molar-refractivity contribution < 1.29 is 9.53 Å². The maximum atomic E-state index is 11.5. The molecule has 0 aliphatic carbocycles. The molecule has 0 saturated heterocycles. The molecule has 0 heterocycles. The van der Waals surface area contributed by atoms with Crippen LogP contribution in [0.1, 0.15) is 40.0 Å². The van der Waals surface area contributed by atoms with Crippen LogP contribution in [0.25, 0.3) is 0 Å². The molecule has 90 valence electrons. The summed E-state index contributed by atoms with van der Waals surface area (Å²) in [5.41, 5.74) is 0. The first kappa shape index (κ1) is 15.3. The van der Waals surface area contributed by atoms with E-state index in [1.54, 1.807) is 11.8 Å². The molecule has 0 saturated carbocycles. The Morgan fingerprint density at radius 2 is 2.00 bits per heavy atom. The first-order valence-electron chi connectivity index (χ1n) is 5.41. The van der Waals surface area contributed by atoms with Crippen LogP contribution in [-0.2, 0) is 9.53 Å². The minimum absolute atomic E-state index is 0.101. The predicted molar refractivity (Wildman–Crippen MR) is 70.8 cm³/mol. The number of hydrogen-bond donors (Lipinski definition) is 0. The number of unbranched alkanes of at least 4 members (excludes halogenated alkanes) is 2. The van der Waals surface area contributed by atoms with Crippen LogP contribution in [0.3, 0.4) is 0 Å². The zero-order valence-electron chi connectivity index (χ0n) is 9.85. The third-order valence-corrected chi connectivity index (χ3v) is 3.95. The van der Waals surface area contributed by atoms with Crippen LogP contribution in [0.15, 0.2) is 0 Å². The van der Waals surface area contributed by atoms with E-state index in [1.165, 1.54) is 19.3 Å². The number of alkyl halides is 1. The molecule has 0 aromatic heterocycles. The van der Waals surface area contributed by atoms with Gasteiger partial charge in [-0.2, -0.15) is 0 Å². The Kier molecular flexibility index (Phi) is 8.62. The van der Waals surface area contributed by atoms with E-state index < -0.39 is 4.75 Å². The quantitative estimate of drug-likeness (QED) is 0.389. The first-order valence-corrected chi connectivity index (χ1v) is 7.52. The third-order valence-electron chi connectivity index (χ3n) is 2.01. The van der Waals surface area contributed by atoms with Crippen LogP contribution < -0.4 is 0 Å². The lowest BCUT2D eigenvalue weighted by Gasteiger charge is -2.21. The van der Waals surface area contributed by atoms with Crippen molar-refractivity contribution in [2.24, 2.45) is 0 Å². The fourth-order valence-electron chi connectivity index (χ4n) is 1.06. The second kappa shape index (κ2) is 8.45. The average molecular weight is 297 g/mol. The number of esters is 1. The molecule has 0 bridgehead atoms. The van der Waals surface area contributed by atoms with Gasteiger partial charge in [0.15, 0.2) is 0 Å². The van der Waals surface area contributed by atoms with Crippen LogP contribution >= 0.6 is 27.7 Å². The van der Waals surface area contributed by atoms with Gasteiger partial charge in [-0.1, -0.05) is 22.4 Å². The molecule has 0 unspecified atom stereocenters. The molecule has 0 aromatic rings. The SMILES string of the molecule is CCOC(=O)C(C)(C)SCCCCCBr. The van der Waals surface area contributed by atoms with Crippen molar-refractivity contribution >= 4 is 33.7 Å². The zero-order chi connectivity index (χ0) is 11.7. The Balaban J connectivity index is 3.68. The van der Waals surface area contributed by atoms with Crippen molar-refractivity contribution in [2.75, 3.05) is 17.7 Å². The van der Waals surface area contributed by atoms with E-state index >= 15 is 0 Å². The average Bonchev–Trinajstić information content (AvgIpc) is 2.18. The van der Waals surface area contributed by atoms with Gasteiger partial charge in [-0.15, -0.1) is 11.8 Å². The van der Waals surface area contributed by atoms with Crippen LogP contribution in [0.5, 0.6) is 0 Å². The lowest BCUT2D eigenvalue weighted by molar-refractivity contribution is -0.145. The summed E-state index contributed by atoms with van der Waals surface area (Å²) in [5.74, 6) is 0.925. The second-order valence-corrected chi connectivity index (χ2v) is 6.34. The van der Waals surface area contributed by atoms with Gasteiger partial charge in [0.05, 0.1) is 6.61 Å². The lowest BCUT2D eigenvalue weighted by Crippen LogP contribution is -2.30. The fourth-order valence-corrected chi connectivity index (χ4v) is 2.50. The largest absolute Gasteiger partial charge is 0.465 e. The maximum absolute atomic E-state index is 11.5. The highest BCUT2D eigenvalue weighted by atomic mass is 79.9. The van der Waals surface area contributed by atoms with Crippen LogP contribution in [0, 0.1) is 0 Å². The molecule has 0 N–H and O–H groups in total. The highest BCUT2D eigenvalue weighted by molar-refractivity contribution is 9.09. The van der Waals surface area contributed by atoms with Crippen molar-refractivity contribution in [3.63, 3.8) is 0 Å². The number of carbonyl (C=O) groups excluding carboxylic acids is 1. The van der Waals surface area contributed by atoms with Gasteiger partial charge in [-0.3, -0.25) is 4.79 Å². The van der Waals surface area contributed by atoms with E-state index in [-0.39, 0.29) is 5.97 Å². The van der Waals surface area contributed by atoms with Crippen LogP contribution in [0.2, 0.25) is 0 Å². The van der Waals surface area contributed by atoms with Gasteiger partial charge in [0, 0.05) is 5.33 Å². The van der Waals surface area contributed by atoms with Gasteiger partial charge >= 0.3 is 5.97 Å². The van der Waals surface area contributed by atoms with Crippen molar-refractivity contribution in [3.8, 4) is 0 Å². The Hall–Kier alpha value is 0.300. The normalized spacial score (nSPS) is 11.5. The van der Waals surface area contributed by atoms with Crippen LogP contribution in [-0.4, -0.2) is 28.4 Å². The molecule has 0 fully saturated rings. The molecule has 0 amide bonds. The number of carbonyl (C=O) groups is 1. The van der Waals surface area contributed by atoms with E-state index in [4.69, 9.17) is 4.74 Å². The van der Waals surface area contributed by atoms with Crippen LogP contribution in [0.4, 0.5) is 0 Å². The number of halogens is 1. The molecule has 0 aliphatic heterocycles. The van der Waals surface area contributed by atoms with Gasteiger partial charge in [0.25, 0.3) is 0 Å². The molecule has 15 heavy (non-hydrogen) atoms. The molecular formula is C11H21BrO2S. The lowest BCUT2D eigenvalue weighted by atomic mass is 10.2. The molecular weight excluding hydrogens is 276 g/mol. The summed E-state index contributed by atoms with van der Waals surface area (Å²) in [4.78, 5) is 11.5. The summed E-state index contributed by atoms with van der Waals surface area (Å²) < 4.78 is 4.62.